The lowest BCUT2D eigenvalue weighted by atomic mass is 9.96. The zero-order valence-electron chi connectivity index (χ0n) is 12.4. The normalized spacial score (nSPS) is 16.5. The largest absolute Gasteiger partial charge is 0.312 e. The zero-order chi connectivity index (χ0) is 12.8. The first-order valence-electron chi connectivity index (χ1n) is 6.74. The molecule has 0 aromatic rings. The Labute approximate surface area is 103 Å². The van der Waals surface area contributed by atoms with Gasteiger partial charge in [-0.1, -0.05) is 27.2 Å². The van der Waals surface area contributed by atoms with Gasteiger partial charge in [0, 0.05) is 18.1 Å². The van der Waals surface area contributed by atoms with Crippen molar-refractivity contribution in [1.82, 2.24) is 10.2 Å². The number of rotatable bonds is 8. The molecule has 0 spiro atoms. The van der Waals surface area contributed by atoms with Crippen molar-refractivity contribution in [3.63, 3.8) is 0 Å². The van der Waals surface area contributed by atoms with Crippen molar-refractivity contribution in [2.75, 3.05) is 20.6 Å². The molecule has 0 bridgehead atoms. The summed E-state index contributed by atoms with van der Waals surface area (Å²) in [5.74, 6) is 0.833. The molecule has 0 heterocycles. The van der Waals surface area contributed by atoms with Crippen LogP contribution in [-0.2, 0) is 0 Å². The van der Waals surface area contributed by atoms with E-state index in [0.717, 1.165) is 12.5 Å². The van der Waals surface area contributed by atoms with Crippen LogP contribution in [0.4, 0.5) is 0 Å². The first-order chi connectivity index (χ1) is 7.33. The number of hydrogen-bond acceptors (Lipinski definition) is 2. The highest BCUT2D eigenvalue weighted by Gasteiger charge is 2.21. The quantitative estimate of drug-likeness (QED) is 0.686. The van der Waals surface area contributed by atoms with Crippen LogP contribution in [0.5, 0.6) is 0 Å². The lowest BCUT2D eigenvalue weighted by Gasteiger charge is -2.34. The van der Waals surface area contributed by atoms with Gasteiger partial charge in [0.15, 0.2) is 0 Å². The summed E-state index contributed by atoms with van der Waals surface area (Å²) in [7, 11) is 4.30. The van der Waals surface area contributed by atoms with Gasteiger partial charge < -0.3 is 10.2 Å². The predicted octanol–water partition coefficient (Wildman–Crippen LogP) is 3.13. The summed E-state index contributed by atoms with van der Waals surface area (Å²) >= 11 is 0. The zero-order valence-corrected chi connectivity index (χ0v) is 12.4. The number of nitrogens with one attached hydrogen (secondary N) is 1. The van der Waals surface area contributed by atoms with Crippen LogP contribution >= 0.6 is 0 Å². The van der Waals surface area contributed by atoms with Crippen molar-refractivity contribution < 1.29 is 0 Å². The Balaban J connectivity index is 4.04. The fourth-order valence-corrected chi connectivity index (χ4v) is 1.60. The Morgan fingerprint density at radius 2 is 1.69 bits per heavy atom. The van der Waals surface area contributed by atoms with Crippen LogP contribution in [0.3, 0.4) is 0 Å². The Kier molecular flexibility index (Phi) is 7.25. The summed E-state index contributed by atoms with van der Waals surface area (Å²) in [5.41, 5.74) is 0.239. The molecule has 2 nitrogen and oxygen atoms in total. The molecule has 0 aliphatic rings. The molecule has 0 aromatic carbocycles. The second-order valence-corrected chi connectivity index (χ2v) is 5.94. The van der Waals surface area contributed by atoms with Crippen molar-refractivity contribution in [1.29, 1.82) is 0 Å². The third-order valence-electron chi connectivity index (χ3n) is 3.91. The number of likely N-dealkylation sites (N-methyl/N-ethyl adjacent to an activating group) is 1. The monoisotopic (exact) mass is 228 g/mol. The molecule has 0 aliphatic heterocycles. The average Bonchev–Trinajstić information content (AvgIpc) is 2.23. The van der Waals surface area contributed by atoms with Crippen LogP contribution in [0.25, 0.3) is 0 Å². The Hall–Kier alpha value is -0.0800. The van der Waals surface area contributed by atoms with Crippen molar-refractivity contribution in [2.24, 2.45) is 5.92 Å². The third-order valence-corrected chi connectivity index (χ3v) is 3.91. The molecule has 2 heteroatoms. The minimum Gasteiger partial charge on any atom is -0.312 e. The van der Waals surface area contributed by atoms with Gasteiger partial charge >= 0.3 is 0 Å². The van der Waals surface area contributed by atoms with Gasteiger partial charge in [0.1, 0.15) is 0 Å². The Bertz CT molecular complexity index is 176. The van der Waals surface area contributed by atoms with E-state index in [-0.39, 0.29) is 5.54 Å². The summed E-state index contributed by atoms with van der Waals surface area (Å²) in [6.45, 7) is 12.5. The first kappa shape index (κ1) is 15.9. The molecule has 0 radical (unpaired) electrons. The molecule has 98 valence electrons. The van der Waals surface area contributed by atoms with Crippen LogP contribution < -0.4 is 5.32 Å². The van der Waals surface area contributed by atoms with Gasteiger partial charge in [0.2, 0.25) is 0 Å². The van der Waals surface area contributed by atoms with E-state index in [0.29, 0.717) is 6.04 Å². The van der Waals surface area contributed by atoms with E-state index >= 15 is 0 Å². The second-order valence-electron chi connectivity index (χ2n) is 5.94. The molecule has 2 atom stereocenters. The van der Waals surface area contributed by atoms with E-state index in [2.05, 4.69) is 58.9 Å². The van der Waals surface area contributed by atoms with Gasteiger partial charge in [-0.3, -0.25) is 0 Å². The topological polar surface area (TPSA) is 15.3 Å². The highest BCUT2D eigenvalue weighted by Crippen LogP contribution is 2.14. The molecule has 16 heavy (non-hydrogen) atoms. The fraction of sp³-hybridized carbons (Fsp3) is 1.00. The molecular weight excluding hydrogens is 196 g/mol. The maximum absolute atomic E-state index is 3.71. The smallest absolute Gasteiger partial charge is 0.0271 e. The van der Waals surface area contributed by atoms with E-state index in [1.807, 2.05) is 0 Å². The summed E-state index contributed by atoms with van der Waals surface area (Å²) in [6.07, 6.45) is 3.82. The van der Waals surface area contributed by atoms with E-state index in [1.165, 1.54) is 19.3 Å². The Morgan fingerprint density at radius 3 is 2.06 bits per heavy atom. The lowest BCUT2D eigenvalue weighted by Crippen LogP contribution is -2.49. The first-order valence-corrected chi connectivity index (χ1v) is 6.74. The number of hydrogen-bond donors (Lipinski definition) is 1. The molecule has 2 unspecified atom stereocenters. The van der Waals surface area contributed by atoms with Crippen LogP contribution in [0.15, 0.2) is 0 Å². The predicted molar refractivity (Wildman–Crippen MR) is 73.9 cm³/mol. The molecule has 0 amide bonds. The van der Waals surface area contributed by atoms with E-state index in [4.69, 9.17) is 0 Å². The standard InChI is InChI=1S/C14H32N2/c1-8-12(3)10-13(9-2)15-11-14(4,5)16(6)7/h12-13,15H,8-11H2,1-7H3. The maximum atomic E-state index is 3.71. The lowest BCUT2D eigenvalue weighted by molar-refractivity contribution is 0.180. The van der Waals surface area contributed by atoms with E-state index in [1.54, 1.807) is 0 Å². The summed E-state index contributed by atoms with van der Waals surface area (Å²) in [4.78, 5) is 2.29. The minimum atomic E-state index is 0.239. The van der Waals surface area contributed by atoms with Crippen molar-refractivity contribution in [3.05, 3.63) is 0 Å². The van der Waals surface area contributed by atoms with Gasteiger partial charge in [-0.25, -0.2) is 0 Å². The van der Waals surface area contributed by atoms with Crippen molar-refractivity contribution in [2.45, 2.75) is 65.5 Å². The molecule has 0 fully saturated rings. The van der Waals surface area contributed by atoms with Gasteiger partial charge in [0.05, 0.1) is 0 Å². The van der Waals surface area contributed by atoms with Crippen LogP contribution in [0, 0.1) is 5.92 Å². The van der Waals surface area contributed by atoms with Crippen LogP contribution in [0.2, 0.25) is 0 Å². The third kappa shape index (κ3) is 5.86. The van der Waals surface area contributed by atoms with E-state index in [9.17, 15) is 0 Å². The highest BCUT2D eigenvalue weighted by atomic mass is 15.2. The molecule has 0 aliphatic carbocycles. The Morgan fingerprint density at radius 1 is 1.12 bits per heavy atom. The van der Waals surface area contributed by atoms with E-state index < -0.39 is 0 Å². The summed E-state index contributed by atoms with van der Waals surface area (Å²) in [5, 5.41) is 3.71. The van der Waals surface area contributed by atoms with Crippen molar-refractivity contribution in [3.8, 4) is 0 Å². The molecule has 0 aromatic heterocycles. The molecular formula is C14H32N2. The van der Waals surface area contributed by atoms with Crippen molar-refractivity contribution >= 4 is 0 Å². The van der Waals surface area contributed by atoms with Gasteiger partial charge in [-0.2, -0.15) is 0 Å². The summed E-state index contributed by atoms with van der Waals surface area (Å²) < 4.78 is 0. The van der Waals surface area contributed by atoms with Gasteiger partial charge in [-0.05, 0) is 46.7 Å². The van der Waals surface area contributed by atoms with Gasteiger partial charge in [-0.15, -0.1) is 0 Å². The molecule has 0 rings (SSSR count). The SMILES string of the molecule is CCC(C)CC(CC)NCC(C)(C)N(C)C. The summed E-state index contributed by atoms with van der Waals surface area (Å²) in [6, 6.07) is 0.675. The molecule has 0 saturated carbocycles. The van der Waals surface area contributed by atoms with Crippen LogP contribution in [-0.4, -0.2) is 37.1 Å². The van der Waals surface area contributed by atoms with Crippen LogP contribution in [0.1, 0.15) is 53.9 Å². The molecule has 0 saturated heterocycles. The average molecular weight is 228 g/mol. The highest BCUT2D eigenvalue weighted by molar-refractivity contribution is 4.82. The fourth-order valence-electron chi connectivity index (χ4n) is 1.60. The maximum Gasteiger partial charge on any atom is 0.0271 e. The van der Waals surface area contributed by atoms with Gasteiger partial charge in [0.25, 0.3) is 0 Å². The second kappa shape index (κ2) is 7.29. The number of nitrogens with zero attached hydrogens (tertiary/aromatic N) is 1. The molecule has 1 N–H and O–H groups in total. The minimum absolute atomic E-state index is 0.239.